The Labute approximate surface area is 222 Å². The van der Waals surface area contributed by atoms with Crippen molar-refractivity contribution in [2.75, 3.05) is 18.8 Å². The molecule has 1 aromatic carbocycles. The molecule has 4 bridgehead atoms. The van der Waals surface area contributed by atoms with Crippen LogP contribution in [0, 0.1) is 23.6 Å². The van der Waals surface area contributed by atoms with Crippen molar-refractivity contribution in [1.29, 1.82) is 0 Å². The average Bonchev–Trinajstić information content (AvgIpc) is 3.75. The molecule has 8 rings (SSSR count). The molecule has 4 fully saturated rings. The van der Waals surface area contributed by atoms with Gasteiger partial charge in [0.1, 0.15) is 16.3 Å². The van der Waals surface area contributed by atoms with E-state index in [1.807, 2.05) is 12.1 Å². The number of benzene rings is 1. The van der Waals surface area contributed by atoms with Crippen LogP contribution in [0.2, 0.25) is 0 Å². The second kappa shape index (κ2) is 9.01. The maximum atomic E-state index is 13.8. The van der Waals surface area contributed by atoms with Crippen LogP contribution in [-0.4, -0.2) is 54.0 Å². The van der Waals surface area contributed by atoms with Gasteiger partial charge >= 0.3 is 0 Å². The van der Waals surface area contributed by atoms with E-state index in [0.717, 1.165) is 68.6 Å². The number of halogens is 1. The van der Waals surface area contributed by atoms with Crippen molar-refractivity contribution in [3.8, 4) is 0 Å². The lowest BCUT2D eigenvalue weighted by Crippen LogP contribution is -2.38. The number of nitrogens with zero attached hydrogens (tertiary/aromatic N) is 2. The van der Waals surface area contributed by atoms with Gasteiger partial charge in [0.25, 0.3) is 5.91 Å². The van der Waals surface area contributed by atoms with Crippen molar-refractivity contribution in [2.24, 2.45) is 17.8 Å². The lowest BCUT2D eigenvalue weighted by molar-refractivity contribution is 0.0922. The molecular formula is C29H34FN3O4S. The fourth-order valence-electron chi connectivity index (χ4n) is 7.36. The van der Waals surface area contributed by atoms with E-state index in [9.17, 15) is 17.6 Å². The van der Waals surface area contributed by atoms with Gasteiger partial charge in [0.2, 0.25) is 0 Å². The Kier molecular flexibility index (Phi) is 5.82. The Balaban J connectivity index is 0.952. The van der Waals surface area contributed by atoms with Gasteiger partial charge in [-0.25, -0.2) is 12.8 Å². The largest absolute Gasteiger partial charge is 0.360 e. The molecule has 0 radical (unpaired) electrons. The first-order chi connectivity index (χ1) is 18.3. The summed E-state index contributed by atoms with van der Waals surface area (Å²) in [5.41, 5.74) is 2.50. The van der Waals surface area contributed by atoms with Gasteiger partial charge in [-0.05, 0) is 93.1 Å². The maximum Gasteiger partial charge on any atom is 0.273 e. The molecule has 1 aromatic heterocycles. The molecule has 2 heterocycles. The minimum Gasteiger partial charge on any atom is -0.360 e. The molecule has 5 aliphatic carbocycles. The molecule has 1 N–H and O–H groups in total. The number of carbonyl (C=O) groups excluding carboxylic acids is 1. The van der Waals surface area contributed by atoms with Gasteiger partial charge in [0.05, 0.1) is 5.75 Å². The number of carbonyl (C=O) groups is 1. The highest BCUT2D eigenvalue weighted by molar-refractivity contribution is 7.93. The second-order valence-electron chi connectivity index (χ2n) is 12.2. The number of fused-ring (bicyclic) bond motifs is 2. The number of rotatable bonds is 8. The molecule has 2 aromatic rings. The molecule has 38 heavy (non-hydrogen) atoms. The van der Waals surface area contributed by atoms with Crippen LogP contribution in [0.1, 0.15) is 72.7 Å². The van der Waals surface area contributed by atoms with E-state index in [0.29, 0.717) is 24.5 Å². The van der Waals surface area contributed by atoms with Crippen molar-refractivity contribution in [2.45, 2.75) is 68.2 Å². The topological polar surface area (TPSA) is 92.5 Å². The first-order valence-electron chi connectivity index (χ1n) is 14.0. The molecule has 2 unspecified atom stereocenters. The van der Waals surface area contributed by atoms with Crippen LogP contribution >= 0.6 is 0 Å². The van der Waals surface area contributed by atoms with Crippen LogP contribution < -0.4 is 5.32 Å². The second-order valence-corrected chi connectivity index (χ2v) is 14.5. The van der Waals surface area contributed by atoms with Crippen LogP contribution in [0.15, 0.2) is 46.5 Å². The standard InChI is InChI=1S/C29H34FN3O4S/c30-22-5-1-18(2-6-22)16-33-9-7-19(8-10-33)17-38(35,36)29-15-20-11-23(13-25(29)24(29)12-20)31-28(34)26-14-27(37-32-26)21-3-4-21/h1-2,5-6,12,14,19-21,23,25H,3-4,7-11,13,15-17H2,(H,31,34)/t20-,23+,25?,29?/m1/s1. The number of hydrogen-bond acceptors (Lipinski definition) is 6. The molecule has 9 heteroatoms. The molecule has 7 nitrogen and oxygen atoms in total. The van der Waals surface area contributed by atoms with E-state index >= 15 is 0 Å². The Bertz CT molecular complexity index is 1370. The maximum absolute atomic E-state index is 13.8. The SMILES string of the molecule is O=C(N[C@@H]1CC2C3=C[C@@H](C1)CC32S(=O)(=O)CC1CCN(Cc2ccc(F)cc2)CC1)c1cc(C2CC2)on1. The first kappa shape index (κ1) is 24.5. The van der Waals surface area contributed by atoms with Crippen LogP contribution in [0.3, 0.4) is 0 Å². The van der Waals surface area contributed by atoms with Crippen LogP contribution in [-0.2, 0) is 16.4 Å². The van der Waals surface area contributed by atoms with Crippen molar-refractivity contribution >= 4 is 15.7 Å². The van der Waals surface area contributed by atoms with Gasteiger partial charge in [-0.1, -0.05) is 23.4 Å². The molecule has 1 saturated heterocycles. The molecule has 1 aliphatic heterocycles. The zero-order chi connectivity index (χ0) is 26.1. The molecule has 6 aliphatic rings. The number of nitrogens with one attached hydrogen (secondary N) is 1. The summed E-state index contributed by atoms with van der Waals surface area (Å²) in [7, 11) is -3.29. The van der Waals surface area contributed by atoms with Gasteiger partial charge in [-0.15, -0.1) is 0 Å². The Morgan fingerprint density at radius 1 is 1.13 bits per heavy atom. The van der Waals surface area contributed by atoms with Crippen LogP contribution in [0.4, 0.5) is 4.39 Å². The van der Waals surface area contributed by atoms with Crippen LogP contribution in [0.5, 0.6) is 0 Å². The minimum absolute atomic E-state index is 0.0226. The third kappa shape index (κ3) is 4.31. The summed E-state index contributed by atoms with van der Waals surface area (Å²) in [6.45, 7) is 2.49. The molecule has 1 amide bonds. The summed E-state index contributed by atoms with van der Waals surface area (Å²) in [6.07, 6.45) is 8.22. The van der Waals surface area contributed by atoms with Gasteiger partial charge in [0, 0.05) is 30.5 Å². The fourth-order valence-corrected chi connectivity index (χ4v) is 10.2. The van der Waals surface area contributed by atoms with Crippen molar-refractivity contribution in [3.05, 3.63) is 64.8 Å². The smallest absolute Gasteiger partial charge is 0.273 e. The Morgan fingerprint density at radius 2 is 1.89 bits per heavy atom. The summed E-state index contributed by atoms with van der Waals surface area (Å²) >= 11 is 0. The van der Waals surface area contributed by atoms with Crippen molar-refractivity contribution in [3.63, 3.8) is 0 Å². The summed E-state index contributed by atoms with van der Waals surface area (Å²) in [5.74, 6) is 1.37. The number of allylic oxidation sites excluding steroid dienone is 1. The summed E-state index contributed by atoms with van der Waals surface area (Å²) in [5, 5.41) is 7.08. The summed E-state index contributed by atoms with van der Waals surface area (Å²) < 4.78 is 45.5. The van der Waals surface area contributed by atoms with Gasteiger partial charge in [-0.3, -0.25) is 9.69 Å². The number of hydrogen-bond donors (Lipinski definition) is 1. The third-order valence-corrected chi connectivity index (χ3v) is 12.3. The van der Waals surface area contributed by atoms with Gasteiger partial charge in [0.15, 0.2) is 15.5 Å². The van der Waals surface area contributed by atoms with E-state index in [1.54, 1.807) is 6.07 Å². The van der Waals surface area contributed by atoms with Gasteiger partial charge in [-0.2, -0.15) is 0 Å². The lowest BCUT2D eigenvalue weighted by Gasteiger charge is -2.32. The first-order valence-corrected chi connectivity index (χ1v) is 15.6. The highest BCUT2D eigenvalue weighted by Crippen LogP contribution is 2.68. The fraction of sp³-hybridized carbons (Fsp3) is 0.586. The van der Waals surface area contributed by atoms with Crippen molar-refractivity contribution in [1.82, 2.24) is 15.4 Å². The molecule has 202 valence electrons. The predicted octanol–water partition coefficient (Wildman–Crippen LogP) is 4.23. The Hall–Kier alpha value is -2.52. The molecule has 0 spiro atoms. The number of likely N-dealkylation sites (tertiary alicyclic amines) is 1. The third-order valence-electron chi connectivity index (χ3n) is 9.54. The highest BCUT2D eigenvalue weighted by Gasteiger charge is 2.72. The number of piperidine rings is 1. The predicted molar refractivity (Wildman–Crippen MR) is 140 cm³/mol. The van der Waals surface area contributed by atoms with E-state index in [1.165, 1.54) is 12.1 Å². The van der Waals surface area contributed by atoms with E-state index in [4.69, 9.17) is 4.52 Å². The molecule has 4 atom stereocenters. The zero-order valence-electron chi connectivity index (χ0n) is 21.4. The van der Waals surface area contributed by atoms with E-state index < -0.39 is 14.6 Å². The quantitative estimate of drug-likeness (QED) is 0.505. The highest BCUT2D eigenvalue weighted by atomic mass is 32.2. The van der Waals surface area contributed by atoms with E-state index in [-0.39, 0.29) is 41.3 Å². The monoisotopic (exact) mass is 539 g/mol. The van der Waals surface area contributed by atoms with Crippen molar-refractivity contribution < 1.29 is 22.1 Å². The van der Waals surface area contributed by atoms with Gasteiger partial charge < -0.3 is 9.84 Å². The number of aromatic nitrogens is 1. The lowest BCUT2D eigenvalue weighted by atomic mass is 9.98. The summed E-state index contributed by atoms with van der Waals surface area (Å²) in [6, 6.07) is 8.31. The minimum atomic E-state index is -3.29. The number of amides is 1. The Morgan fingerprint density at radius 3 is 2.63 bits per heavy atom. The van der Waals surface area contributed by atoms with Crippen LogP contribution in [0.25, 0.3) is 0 Å². The molecular weight excluding hydrogens is 505 g/mol. The summed E-state index contributed by atoms with van der Waals surface area (Å²) in [4.78, 5) is 15.2. The normalized spacial score (nSPS) is 31.1. The van der Waals surface area contributed by atoms with E-state index in [2.05, 4.69) is 21.4 Å². The zero-order valence-corrected chi connectivity index (χ0v) is 22.3. The number of sulfone groups is 1. The molecule has 3 saturated carbocycles. The average molecular weight is 540 g/mol.